The molecule has 31 heavy (non-hydrogen) atoms. The van der Waals surface area contributed by atoms with Crippen molar-refractivity contribution in [3.63, 3.8) is 0 Å². The van der Waals surface area contributed by atoms with Crippen LogP contribution in [0.4, 0.5) is 0 Å². The fourth-order valence-corrected chi connectivity index (χ4v) is 3.51. The Kier molecular flexibility index (Phi) is 5.53. The lowest BCUT2D eigenvalue weighted by Crippen LogP contribution is -2.32. The van der Waals surface area contributed by atoms with Crippen molar-refractivity contribution >= 4 is 5.91 Å². The molecule has 2 heterocycles. The van der Waals surface area contributed by atoms with Crippen LogP contribution >= 0.6 is 0 Å². The Bertz CT molecular complexity index is 1210. The molecular weight excluding hydrogens is 392 g/mol. The molecule has 0 saturated heterocycles. The van der Waals surface area contributed by atoms with E-state index < -0.39 is 6.04 Å². The summed E-state index contributed by atoms with van der Waals surface area (Å²) in [6.07, 6.45) is 3.53. The number of rotatable bonds is 6. The predicted molar refractivity (Wildman–Crippen MR) is 116 cm³/mol. The van der Waals surface area contributed by atoms with E-state index in [-0.39, 0.29) is 11.6 Å². The highest BCUT2D eigenvalue weighted by Gasteiger charge is 2.27. The van der Waals surface area contributed by atoms with Crippen molar-refractivity contribution in [2.75, 3.05) is 7.11 Å². The number of aryl methyl sites for hydroxylation is 2. The summed E-state index contributed by atoms with van der Waals surface area (Å²) in [7, 11) is 3.49. The molecule has 1 unspecified atom stereocenters. The summed E-state index contributed by atoms with van der Waals surface area (Å²) in [6, 6.07) is 14.9. The van der Waals surface area contributed by atoms with Gasteiger partial charge in [0.2, 0.25) is 0 Å². The van der Waals surface area contributed by atoms with E-state index in [0.717, 1.165) is 16.8 Å². The minimum absolute atomic E-state index is 0.259. The van der Waals surface area contributed by atoms with E-state index in [1.807, 2.05) is 80.2 Å². The van der Waals surface area contributed by atoms with Gasteiger partial charge >= 0.3 is 0 Å². The average molecular weight is 416 g/mol. The number of hydrogen-bond donors (Lipinski definition) is 1. The van der Waals surface area contributed by atoms with Gasteiger partial charge in [-0.3, -0.25) is 4.79 Å². The highest BCUT2D eigenvalue weighted by molar-refractivity contribution is 5.93. The summed E-state index contributed by atoms with van der Waals surface area (Å²) in [5.41, 5.74) is 3.71. The van der Waals surface area contributed by atoms with E-state index >= 15 is 0 Å². The molecule has 1 atom stereocenters. The third kappa shape index (κ3) is 3.92. The van der Waals surface area contributed by atoms with Crippen LogP contribution in [0.2, 0.25) is 0 Å². The lowest BCUT2D eigenvalue weighted by atomic mass is 10.0. The van der Waals surface area contributed by atoms with E-state index in [1.54, 1.807) is 18.0 Å². The lowest BCUT2D eigenvalue weighted by molar-refractivity contribution is 0.0935. The summed E-state index contributed by atoms with van der Waals surface area (Å²) in [4.78, 5) is 17.7. The van der Waals surface area contributed by atoms with Crippen molar-refractivity contribution in [3.8, 4) is 11.4 Å². The second-order valence-corrected chi connectivity index (χ2v) is 7.32. The third-order valence-corrected chi connectivity index (χ3v) is 5.23. The molecule has 1 N–H and O–H groups in total. The van der Waals surface area contributed by atoms with Gasteiger partial charge in [0.25, 0.3) is 5.91 Å². The molecule has 0 radical (unpaired) electrons. The zero-order chi connectivity index (χ0) is 22.0. The molecule has 0 spiro atoms. The summed E-state index contributed by atoms with van der Waals surface area (Å²) >= 11 is 0. The largest absolute Gasteiger partial charge is 0.496 e. The number of hydrogen-bond acceptors (Lipinski definition) is 5. The maximum atomic E-state index is 13.2. The fourth-order valence-electron chi connectivity index (χ4n) is 3.51. The molecule has 0 fully saturated rings. The highest BCUT2D eigenvalue weighted by atomic mass is 16.5. The van der Waals surface area contributed by atoms with Crippen molar-refractivity contribution in [1.82, 2.24) is 29.9 Å². The normalized spacial score (nSPS) is 11.9. The van der Waals surface area contributed by atoms with Gasteiger partial charge in [-0.2, -0.15) is 0 Å². The van der Waals surface area contributed by atoms with E-state index in [9.17, 15) is 4.79 Å². The van der Waals surface area contributed by atoms with Gasteiger partial charge in [0.15, 0.2) is 5.69 Å². The van der Waals surface area contributed by atoms with Crippen molar-refractivity contribution in [2.24, 2.45) is 7.05 Å². The topological polar surface area (TPSA) is 86.9 Å². The van der Waals surface area contributed by atoms with Gasteiger partial charge in [0, 0.05) is 25.0 Å². The Hall–Kier alpha value is -3.94. The van der Waals surface area contributed by atoms with Crippen molar-refractivity contribution in [2.45, 2.75) is 19.9 Å². The van der Waals surface area contributed by atoms with Crippen LogP contribution in [0, 0.1) is 13.8 Å². The summed E-state index contributed by atoms with van der Waals surface area (Å²) in [5, 5.41) is 11.4. The molecule has 0 aliphatic carbocycles. The molecule has 4 aromatic rings. The number of amides is 1. The first kappa shape index (κ1) is 20.3. The molecule has 0 bridgehead atoms. The van der Waals surface area contributed by atoms with Gasteiger partial charge in [-0.25, -0.2) is 9.67 Å². The number of nitrogens with zero attached hydrogens (tertiary/aromatic N) is 5. The molecule has 1 amide bonds. The number of aromatic nitrogens is 5. The molecule has 8 nitrogen and oxygen atoms in total. The number of nitrogens with one attached hydrogen (secondary N) is 1. The molecule has 0 aliphatic rings. The summed E-state index contributed by atoms with van der Waals surface area (Å²) in [6.45, 7) is 3.85. The smallest absolute Gasteiger partial charge is 0.274 e. The van der Waals surface area contributed by atoms with Gasteiger partial charge in [-0.15, -0.1) is 5.10 Å². The van der Waals surface area contributed by atoms with E-state index in [1.165, 1.54) is 0 Å². The molecule has 0 saturated carbocycles. The zero-order valence-electron chi connectivity index (χ0n) is 17.9. The number of carbonyl (C=O) groups is 1. The quantitative estimate of drug-likeness (QED) is 0.522. The third-order valence-electron chi connectivity index (χ3n) is 5.23. The average Bonchev–Trinajstić information content (AvgIpc) is 3.38. The molecule has 2 aromatic carbocycles. The van der Waals surface area contributed by atoms with E-state index in [0.29, 0.717) is 17.3 Å². The number of carbonyl (C=O) groups excluding carboxylic acids is 1. The standard InChI is InChI=1S/C23H24N6O2/c1-15-9-11-17(12-10-15)29-16(2)20(26-27-29)23(30)25-21(22-24-13-14-28(22)3)18-7-5-6-8-19(18)31-4/h5-14,21H,1-4H3,(H,25,30). The summed E-state index contributed by atoms with van der Waals surface area (Å²) < 4.78 is 9.05. The molecule has 0 aliphatic heterocycles. The predicted octanol–water partition coefficient (Wildman–Crippen LogP) is 3.15. The molecule has 2 aromatic heterocycles. The monoisotopic (exact) mass is 416 g/mol. The van der Waals surface area contributed by atoms with Crippen LogP contribution in [-0.4, -0.2) is 37.6 Å². The summed E-state index contributed by atoms with van der Waals surface area (Å²) in [5.74, 6) is 1.01. The number of benzene rings is 2. The molecule has 8 heteroatoms. The van der Waals surface area contributed by atoms with E-state index in [4.69, 9.17) is 4.74 Å². The number of para-hydroxylation sites is 1. The molecule has 4 rings (SSSR count). The SMILES string of the molecule is COc1ccccc1C(NC(=O)c1nnn(-c2ccc(C)cc2)c1C)c1nccn1C. The van der Waals surface area contributed by atoms with Crippen LogP contribution < -0.4 is 10.1 Å². The Morgan fingerprint density at radius 3 is 2.52 bits per heavy atom. The van der Waals surface area contributed by atoms with Gasteiger partial charge in [-0.1, -0.05) is 41.1 Å². The first-order valence-electron chi connectivity index (χ1n) is 9.90. The van der Waals surface area contributed by atoms with Gasteiger partial charge < -0.3 is 14.6 Å². The van der Waals surface area contributed by atoms with Crippen molar-refractivity contribution in [1.29, 1.82) is 0 Å². The Morgan fingerprint density at radius 1 is 1.10 bits per heavy atom. The second kappa shape index (κ2) is 8.43. The van der Waals surface area contributed by atoms with Crippen LogP contribution in [0.3, 0.4) is 0 Å². The minimum atomic E-state index is -0.521. The minimum Gasteiger partial charge on any atom is -0.496 e. The van der Waals surface area contributed by atoms with Gasteiger partial charge in [0.05, 0.1) is 18.5 Å². The highest BCUT2D eigenvalue weighted by Crippen LogP contribution is 2.29. The Balaban J connectivity index is 1.69. The van der Waals surface area contributed by atoms with Crippen molar-refractivity contribution < 1.29 is 9.53 Å². The van der Waals surface area contributed by atoms with Gasteiger partial charge in [0.1, 0.15) is 17.6 Å². The van der Waals surface area contributed by atoms with Crippen LogP contribution in [0.15, 0.2) is 60.9 Å². The van der Waals surface area contributed by atoms with Crippen molar-refractivity contribution in [3.05, 3.63) is 89.3 Å². The number of ether oxygens (including phenoxy) is 1. The van der Waals surface area contributed by atoms with Crippen LogP contribution in [0.1, 0.15) is 39.2 Å². The molecule has 158 valence electrons. The lowest BCUT2D eigenvalue weighted by Gasteiger charge is -2.21. The van der Waals surface area contributed by atoms with Gasteiger partial charge in [-0.05, 0) is 32.0 Å². The second-order valence-electron chi connectivity index (χ2n) is 7.32. The van der Waals surface area contributed by atoms with Crippen LogP contribution in [0.25, 0.3) is 5.69 Å². The first-order valence-corrected chi connectivity index (χ1v) is 9.90. The first-order chi connectivity index (χ1) is 15.0. The van der Waals surface area contributed by atoms with E-state index in [2.05, 4.69) is 20.6 Å². The Labute approximate surface area is 180 Å². The Morgan fingerprint density at radius 2 is 1.84 bits per heavy atom. The van der Waals surface area contributed by atoms with Crippen LogP contribution in [-0.2, 0) is 7.05 Å². The maximum Gasteiger partial charge on any atom is 0.274 e. The number of imidazole rings is 1. The maximum absolute atomic E-state index is 13.2. The zero-order valence-corrected chi connectivity index (χ0v) is 17.9. The molecular formula is C23H24N6O2. The van der Waals surface area contributed by atoms with Crippen LogP contribution in [0.5, 0.6) is 5.75 Å². The fraction of sp³-hybridized carbons (Fsp3) is 0.217. The number of methoxy groups -OCH3 is 1.